The molecular weight excluding hydrogens is 569 g/mol. The summed E-state index contributed by atoms with van der Waals surface area (Å²) in [5.41, 5.74) is 4.19. The van der Waals surface area contributed by atoms with Crippen molar-refractivity contribution in [1.82, 2.24) is 14.9 Å². The van der Waals surface area contributed by atoms with Crippen LogP contribution in [0.5, 0.6) is 5.75 Å². The average molecular weight is 604 g/mol. The van der Waals surface area contributed by atoms with Gasteiger partial charge in [0.2, 0.25) is 0 Å². The molecule has 0 bridgehead atoms. The number of likely N-dealkylation sites (N-methyl/N-ethyl adjacent to an activating group) is 1. The van der Waals surface area contributed by atoms with Crippen LogP contribution in [0.25, 0.3) is 33.1 Å². The van der Waals surface area contributed by atoms with Crippen molar-refractivity contribution in [3.8, 4) is 16.9 Å². The van der Waals surface area contributed by atoms with Gasteiger partial charge in [0.1, 0.15) is 18.0 Å². The van der Waals surface area contributed by atoms with Crippen LogP contribution in [-0.2, 0) is 23.7 Å². The van der Waals surface area contributed by atoms with Crippen molar-refractivity contribution in [3.63, 3.8) is 0 Å². The van der Waals surface area contributed by atoms with Crippen molar-refractivity contribution in [3.05, 3.63) is 54.2 Å². The predicted molar refractivity (Wildman–Crippen MR) is 156 cm³/mol. The molecule has 3 N–H and O–H groups in total. The van der Waals surface area contributed by atoms with Gasteiger partial charge in [0, 0.05) is 30.1 Å². The van der Waals surface area contributed by atoms with E-state index in [9.17, 15) is 13.0 Å². The van der Waals surface area contributed by atoms with Crippen molar-refractivity contribution in [2.75, 3.05) is 46.6 Å². The number of phosphoric acid groups is 1. The van der Waals surface area contributed by atoms with E-state index in [1.807, 2.05) is 37.1 Å². The Hall–Kier alpha value is -2.83. The number of rotatable bonds is 14. The van der Waals surface area contributed by atoms with E-state index in [-0.39, 0.29) is 11.9 Å². The molecule has 11 nitrogen and oxygen atoms in total. The molecule has 0 amide bonds. The van der Waals surface area contributed by atoms with Crippen molar-refractivity contribution in [2.24, 2.45) is 0 Å². The van der Waals surface area contributed by atoms with E-state index in [0.29, 0.717) is 62.0 Å². The second-order valence-corrected chi connectivity index (χ2v) is 13.7. The largest absolute Gasteiger partial charge is 0.489 e. The number of fused-ring (bicyclic) bond motifs is 3. The first-order chi connectivity index (χ1) is 19.5. The third-order valence-electron chi connectivity index (χ3n) is 6.98. The van der Waals surface area contributed by atoms with E-state index in [1.165, 1.54) is 0 Å². The smallest absolute Gasteiger partial charge is 0.469 e. The van der Waals surface area contributed by atoms with Crippen LogP contribution in [0.4, 0.5) is 0 Å². The van der Waals surface area contributed by atoms with Crippen molar-refractivity contribution >= 4 is 39.6 Å². The minimum absolute atomic E-state index is 0.0740. The van der Waals surface area contributed by atoms with Gasteiger partial charge in [-0.1, -0.05) is 12.1 Å². The standard InChI is InChI=1S/C28H34N3O8PS/c1-19-16-24-26-23(20-4-3-5-22(17-20)41(35,36)21-6-7-21)8-9-25(27(26)30-28(24)29-18-19)38-15-14-37-12-10-31(2)11-13-39-40(32,33)34/h3-5,8-9,16-18,21H,6-7,10-15H2,1-2H3,(H,29,30)(H2,32,33,34). The molecule has 0 unspecified atom stereocenters. The monoisotopic (exact) mass is 603 g/mol. The number of H-pyrrole nitrogens is 1. The predicted octanol–water partition coefficient (Wildman–Crippen LogP) is 4.06. The van der Waals surface area contributed by atoms with E-state index < -0.39 is 17.7 Å². The zero-order chi connectivity index (χ0) is 29.2. The molecule has 1 aliphatic rings. The van der Waals surface area contributed by atoms with E-state index in [0.717, 1.165) is 33.0 Å². The van der Waals surface area contributed by atoms with Gasteiger partial charge in [-0.25, -0.2) is 18.0 Å². The number of hydrogen-bond acceptors (Lipinski definition) is 8. The first kappa shape index (κ1) is 29.7. The number of hydrogen-bond donors (Lipinski definition) is 3. The van der Waals surface area contributed by atoms with Gasteiger partial charge in [0.05, 0.1) is 35.5 Å². The Morgan fingerprint density at radius 2 is 1.85 bits per heavy atom. The highest BCUT2D eigenvalue weighted by Gasteiger charge is 2.37. The molecule has 0 saturated heterocycles. The topological polar surface area (TPSA) is 151 Å². The van der Waals surface area contributed by atoms with Crippen LogP contribution in [0.2, 0.25) is 0 Å². The number of aromatic nitrogens is 2. The molecule has 41 heavy (non-hydrogen) atoms. The van der Waals surface area contributed by atoms with E-state index in [4.69, 9.17) is 19.3 Å². The molecule has 1 saturated carbocycles. The Morgan fingerprint density at radius 3 is 2.61 bits per heavy atom. The molecule has 220 valence electrons. The lowest BCUT2D eigenvalue weighted by atomic mass is 9.99. The molecular formula is C28H34N3O8PS. The highest BCUT2D eigenvalue weighted by atomic mass is 32.2. The fourth-order valence-corrected chi connectivity index (χ4v) is 6.72. The molecule has 1 aliphatic carbocycles. The van der Waals surface area contributed by atoms with Gasteiger partial charge in [-0.2, -0.15) is 0 Å². The Kier molecular flexibility index (Phi) is 8.81. The van der Waals surface area contributed by atoms with Crippen LogP contribution in [0.15, 0.2) is 53.6 Å². The summed E-state index contributed by atoms with van der Waals surface area (Å²) in [7, 11) is -5.98. The third-order valence-corrected chi connectivity index (χ3v) is 9.76. The number of nitrogens with zero attached hydrogens (tertiary/aromatic N) is 2. The highest BCUT2D eigenvalue weighted by Crippen LogP contribution is 2.41. The van der Waals surface area contributed by atoms with E-state index in [1.54, 1.807) is 24.4 Å². The number of nitrogens with one attached hydrogen (secondary N) is 1. The highest BCUT2D eigenvalue weighted by molar-refractivity contribution is 7.92. The van der Waals surface area contributed by atoms with Crippen LogP contribution in [0.1, 0.15) is 18.4 Å². The molecule has 2 aromatic heterocycles. The first-order valence-electron chi connectivity index (χ1n) is 13.4. The lowest BCUT2D eigenvalue weighted by molar-refractivity contribution is 0.0809. The quantitative estimate of drug-likeness (QED) is 0.142. The first-order valence-corrected chi connectivity index (χ1v) is 16.4. The summed E-state index contributed by atoms with van der Waals surface area (Å²) in [4.78, 5) is 27.7. The van der Waals surface area contributed by atoms with Crippen LogP contribution in [0, 0.1) is 6.92 Å². The Balaban J connectivity index is 1.30. The molecule has 4 aromatic rings. The summed E-state index contributed by atoms with van der Waals surface area (Å²) >= 11 is 0. The summed E-state index contributed by atoms with van der Waals surface area (Å²) in [5.74, 6) is 0.636. The molecule has 1 fully saturated rings. The Bertz CT molecular complexity index is 1700. The minimum atomic E-state index is -4.46. The van der Waals surface area contributed by atoms with Gasteiger partial charge in [0.15, 0.2) is 9.84 Å². The maximum atomic E-state index is 12.9. The van der Waals surface area contributed by atoms with Gasteiger partial charge >= 0.3 is 7.82 Å². The maximum Gasteiger partial charge on any atom is 0.469 e. The van der Waals surface area contributed by atoms with Crippen molar-refractivity contribution in [2.45, 2.75) is 29.9 Å². The number of ether oxygens (including phenoxy) is 2. The van der Waals surface area contributed by atoms with Crippen LogP contribution < -0.4 is 4.74 Å². The Labute approximate surface area is 238 Å². The number of pyridine rings is 1. The van der Waals surface area contributed by atoms with E-state index >= 15 is 0 Å². The Morgan fingerprint density at radius 1 is 1.07 bits per heavy atom. The molecule has 5 rings (SSSR count). The molecule has 13 heteroatoms. The minimum Gasteiger partial charge on any atom is -0.489 e. The molecule has 0 atom stereocenters. The summed E-state index contributed by atoms with van der Waals surface area (Å²) in [5, 5.41) is 1.56. The summed E-state index contributed by atoms with van der Waals surface area (Å²) in [6, 6.07) is 13.0. The third kappa shape index (κ3) is 7.15. The van der Waals surface area contributed by atoms with Gasteiger partial charge < -0.3 is 29.1 Å². The fraction of sp³-hybridized carbons (Fsp3) is 0.393. The maximum absolute atomic E-state index is 12.9. The van der Waals surface area contributed by atoms with Crippen molar-refractivity contribution < 1.29 is 36.8 Å². The van der Waals surface area contributed by atoms with Gasteiger partial charge in [-0.05, 0) is 73.8 Å². The second kappa shape index (κ2) is 12.2. The number of phosphoric ester groups is 1. The lowest BCUT2D eigenvalue weighted by Crippen LogP contribution is -2.27. The molecule has 0 aliphatic heterocycles. The normalized spacial score (nSPS) is 14.4. The molecule has 0 radical (unpaired) electrons. The number of benzene rings is 2. The van der Waals surface area contributed by atoms with Gasteiger partial charge in [0.25, 0.3) is 0 Å². The number of sulfone groups is 1. The number of aryl methyl sites for hydroxylation is 1. The average Bonchev–Trinajstić information content (AvgIpc) is 3.72. The summed E-state index contributed by atoms with van der Waals surface area (Å²) < 4.78 is 52.9. The van der Waals surface area contributed by atoms with E-state index in [2.05, 4.69) is 20.6 Å². The summed E-state index contributed by atoms with van der Waals surface area (Å²) in [6.45, 7) is 3.89. The zero-order valence-corrected chi connectivity index (χ0v) is 24.7. The fourth-order valence-electron chi connectivity index (χ4n) is 4.70. The lowest BCUT2D eigenvalue weighted by Gasteiger charge is -2.17. The van der Waals surface area contributed by atoms with Crippen LogP contribution >= 0.6 is 7.82 Å². The SMILES string of the molecule is Cc1cnc2[nH]c3c(OCCOCCN(C)CCOP(=O)(O)O)ccc(-c4cccc(S(=O)(=O)C5CC5)c4)c3c2c1. The number of aromatic amines is 1. The zero-order valence-electron chi connectivity index (χ0n) is 22.9. The van der Waals surface area contributed by atoms with Crippen molar-refractivity contribution in [1.29, 1.82) is 0 Å². The molecule has 0 spiro atoms. The van der Waals surface area contributed by atoms with Gasteiger partial charge in [-0.3, -0.25) is 4.52 Å². The molecule has 2 aromatic carbocycles. The second-order valence-electron chi connectivity index (χ2n) is 10.3. The summed E-state index contributed by atoms with van der Waals surface area (Å²) in [6.07, 6.45) is 3.22. The van der Waals surface area contributed by atoms with Crippen LogP contribution in [-0.4, -0.2) is 84.9 Å². The molecule has 2 heterocycles. The van der Waals surface area contributed by atoms with Crippen LogP contribution in [0.3, 0.4) is 0 Å². The van der Waals surface area contributed by atoms with Gasteiger partial charge in [-0.15, -0.1) is 0 Å².